The molecule has 2 atom stereocenters. The van der Waals surface area contributed by atoms with Crippen molar-refractivity contribution in [2.75, 3.05) is 11.6 Å². The van der Waals surface area contributed by atoms with E-state index in [0.717, 1.165) is 12.1 Å². The predicted molar refractivity (Wildman–Crippen MR) is 62.1 cm³/mol. The average Bonchev–Trinajstić information content (AvgIpc) is 2.17. The molecule has 0 heterocycles. The molecule has 0 fully saturated rings. The largest absolute Gasteiger partial charge is 0.383 e. The van der Waals surface area contributed by atoms with E-state index < -0.39 is 16.6 Å². The van der Waals surface area contributed by atoms with E-state index in [0.29, 0.717) is 6.04 Å². The minimum atomic E-state index is -1.27. The van der Waals surface area contributed by atoms with Crippen molar-refractivity contribution in [2.45, 2.75) is 31.2 Å². The van der Waals surface area contributed by atoms with Gasteiger partial charge in [0, 0.05) is 18.0 Å². The highest BCUT2D eigenvalue weighted by molar-refractivity contribution is 7.84. The standard InChI is InChI=1S/C11H16FNOS/c1-4-8(2)13-9-5-6-11(15(3)14)10(12)7-9/h5-8,13H,4H2,1-3H3. The summed E-state index contributed by atoms with van der Waals surface area (Å²) < 4.78 is 24.5. The smallest absolute Gasteiger partial charge is 0.141 e. The third-order valence-corrected chi connectivity index (χ3v) is 3.22. The van der Waals surface area contributed by atoms with Gasteiger partial charge in [0.25, 0.3) is 0 Å². The van der Waals surface area contributed by atoms with E-state index in [9.17, 15) is 8.60 Å². The quantitative estimate of drug-likeness (QED) is 0.860. The topological polar surface area (TPSA) is 29.1 Å². The van der Waals surface area contributed by atoms with E-state index in [4.69, 9.17) is 0 Å². The maximum Gasteiger partial charge on any atom is 0.141 e. The van der Waals surface area contributed by atoms with Gasteiger partial charge < -0.3 is 5.32 Å². The highest BCUT2D eigenvalue weighted by atomic mass is 32.2. The second-order valence-corrected chi connectivity index (χ2v) is 4.90. The molecular formula is C11H16FNOS. The van der Waals surface area contributed by atoms with Gasteiger partial charge in [-0.15, -0.1) is 0 Å². The molecule has 2 nitrogen and oxygen atoms in total. The summed E-state index contributed by atoms with van der Waals surface area (Å²) in [6, 6.07) is 5.02. The van der Waals surface area contributed by atoms with Crippen LogP contribution in [0.5, 0.6) is 0 Å². The van der Waals surface area contributed by atoms with Crippen molar-refractivity contribution in [1.82, 2.24) is 0 Å². The SMILES string of the molecule is CCC(C)Nc1ccc(S(C)=O)c(F)c1. The van der Waals surface area contributed by atoms with E-state index in [1.807, 2.05) is 6.92 Å². The molecule has 0 bridgehead atoms. The molecule has 0 aliphatic rings. The van der Waals surface area contributed by atoms with Crippen LogP contribution in [-0.4, -0.2) is 16.5 Å². The molecule has 1 aromatic rings. The molecule has 0 spiro atoms. The maximum absolute atomic E-state index is 13.4. The van der Waals surface area contributed by atoms with E-state index in [2.05, 4.69) is 12.2 Å². The summed E-state index contributed by atoms with van der Waals surface area (Å²) in [6.45, 7) is 4.09. The van der Waals surface area contributed by atoms with Crippen LogP contribution in [0.3, 0.4) is 0 Å². The number of hydrogen-bond acceptors (Lipinski definition) is 2. The summed E-state index contributed by atoms with van der Waals surface area (Å²) in [5.74, 6) is -0.413. The van der Waals surface area contributed by atoms with Gasteiger partial charge in [0.05, 0.1) is 15.7 Å². The lowest BCUT2D eigenvalue weighted by atomic mass is 10.2. The molecule has 0 aliphatic carbocycles. The van der Waals surface area contributed by atoms with Gasteiger partial charge in [-0.1, -0.05) is 6.92 Å². The molecule has 15 heavy (non-hydrogen) atoms. The molecule has 0 aromatic heterocycles. The van der Waals surface area contributed by atoms with Crippen LogP contribution in [0.15, 0.2) is 23.1 Å². The molecule has 84 valence electrons. The maximum atomic E-state index is 13.4. The molecule has 1 N–H and O–H groups in total. The van der Waals surface area contributed by atoms with Crippen LogP contribution in [0.1, 0.15) is 20.3 Å². The second kappa shape index (κ2) is 5.26. The minimum absolute atomic E-state index is 0.254. The van der Waals surface area contributed by atoms with Crippen LogP contribution in [0, 0.1) is 5.82 Å². The van der Waals surface area contributed by atoms with Crippen molar-refractivity contribution in [3.05, 3.63) is 24.0 Å². The lowest BCUT2D eigenvalue weighted by Crippen LogP contribution is -2.13. The lowest BCUT2D eigenvalue weighted by molar-refractivity contribution is 0.596. The van der Waals surface area contributed by atoms with Crippen molar-refractivity contribution >= 4 is 16.5 Å². The number of anilines is 1. The molecule has 4 heteroatoms. The highest BCUT2D eigenvalue weighted by Crippen LogP contribution is 2.17. The molecule has 2 unspecified atom stereocenters. The number of nitrogens with one attached hydrogen (secondary N) is 1. The zero-order chi connectivity index (χ0) is 11.4. The normalized spacial score (nSPS) is 14.7. The molecule has 0 saturated heterocycles. The Morgan fingerprint density at radius 2 is 2.20 bits per heavy atom. The average molecular weight is 229 g/mol. The first-order valence-electron chi connectivity index (χ1n) is 4.94. The molecule has 1 rings (SSSR count). The zero-order valence-corrected chi connectivity index (χ0v) is 10.0. The first kappa shape index (κ1) is 12.2. The van der Waals surface area contributed by atoms with Crippen LogP contribution in [-0.2, 0) is 10.8 Å². The summed E-state index contributed by atoms with van der Waals surface area (Å²) in [7, 11) is -1.27. The Labute approximate surface area is 92.3 Å². The van der Waals surface area contributed by atoms with Crippen LogP contribution in [0.25, 0.3) is 0 Å². The summed E-state index contributed by atoms with van der Waals surface area (Å²) in [5, 5.41) is 3.16. The van der Waals surface area contributed by atoms with E-state index >= 15 is 0 Å². The molecule has 1 aromatic carbocycles. The fourth-order valence-corrected chi connectivity index (χ4v) is 1.80. The van der Waals surface area contributed by atoms with Crippen molar-refractivity contribution < 1.29 is 8.60 Å². The monoisotopic (exact) mass is 229 g/mol. The Balaban J connectivity index is 2.87. The van der Waals surface area contributed by atoms with Crippen molar-refractivity contribution in [1.29, 1.82) is 0 Å². The Morgan fingerprint density at radius 1 is 1.53 bits per heavy atom. The van der Waals surface area contributed by atoms with Crippen molar-refractivity contribution in [3.8, 4) is 0 Å². The van der Waals surface area contributed by atoms with Gasteiger partial charge in [0.1, 0.15) is 5.82 Å². The molecule has 0 amide bonds. The zero-order valence-electron chi connectivity index (χ0n) is 9.21. The number of benzene rings is 1. The number of halogens is 1. The molecule has 0 aliphatic heterocycles. The highest BCUT2D eigenvalue weighted by Gasteiger charge is 2.07. The van der Waals surface area contributed by atoms with Gasteiger partial charge in [-0.2, -0.15) is 0 Å². The van der Waals surface area contributed by atoms with E-state index in [1.165, 1.54) is 12.3 Å². The first-order chi connectivity index (χ1) is 7.04. The van der Waals surface area contributed by atoms with Crippen molar-refractivity contribution in [3.63, 3.8) is 0 Å². The van der Waals surface area contributed by atoms with E-state index in [-0.39, 0.29) is 4.90 Å². The van der Waals surface area contributed by atoms with Gasteiger partial charge in [0.2, 0.25) is 0 Å². The minimum Gasteiger partial charge on any atom is -0.383 e. The first-order valence-corrected chi connectivity index (χ1v) is 6.50. The summed E-state index contributed by atoms with van der Waals surface area (Å²) >= 11 is 0. The number of hydrogen-bond donors (Lipinski definition) is 1. The predicted octanol–water partition coefficient (Wildman–Crippen LogP) is 2.77. The van der Waals surface area contributed by atoms with Gasteiger partial charge in [0.15, 0.2) is 0 Å². The van der Waals surface area contributed by atoms with E-state index in [1.54, 1.807) is 12.1 Å². The molecular weight excluding hydrogens is 213 g/mol. The summed E-state index contributed by atoms with van der Waals surface area (Å²) in [5.41, 5.74) is 0.732. The Morgan fingerprint density at radius 3 is 2.67 bits per heavy atom. The molecule has 0 radical (unpaired) electrons. The Kier molecular flexibility index (Phi) is 4.27. The van der Waals surface area contributed by atoms with Crippen molar-refractivity contribution in [2.24, 2.45) is 0 Å². The fraction of sp³-hybridized carbons (Fsp3) is 0.455. The summed E-state index contributed by atoms with van der Waals surface area (Å²) in [4.78, 5) is 0.254. The second-order valence-electron chi connectivity index (χ2n) is 3.55. The van der Waals surface area contributed by atoms with Crippen LogP contribution >= 0.6 is 0 Å². The molecule has 0 saturated carbocycles. The third kappa shape index (κ3) is 3.30. The van der Waals surface area contributed by atoms with Crippen LogP contribution in [0.4, 0.5) is 10.1 Å². The lowest BCUT2D eigenvalue weighted by Gasteiger charge is -2.13. The van der Waals surface area contributed by atoms with Gasteiger partial charge in [-0.3, -0.25) is 4.21 Å². The number of rotatable bonds is 4. The Bertz CT molecular complexity index is 368. The summed E-state index contributed by atoms with van der Waals surface area (Å²) in [6.07, 6.45) is 2.45. The van der Waals surface area contributed by atoms with Crippen LogP contribution < -0.4 is 5.32 Å². The van der Waals surface area contributed by atoms with Crippen LogP contribution in [0.2, 0.25) is 0 Å². The Hall–Kier alpha value is -0.900. The van der Waals surface area contributed by atoms with Gasteiger partial charge >= 0.3 is 0 Å². The fourth-order valence-electron chi connectivity index (χ4n) is 1.21. The van der Waals surface area contributed by atoms with Gasteiger partial charge in [-0.25, -0.2) is 4.39 Å². The third-order valence-electron chi connectivity index (χ3n) is 2.27. The van der Waals surface area contributed by atoms with Gasteiger partial charge in [-0.05, 0) is 31.5 Å².